The number of ketones is 1. The van der Waals surface area contributed by atoms with Crippen molar-refractivity contribution < 1.29 is 23.8 Å². The number of Topliss-reactive ketones (excluding diaryl/α,β-unsaturated/α-hetero) is 1. The van der Waals surface area contributed by atoms with Crippen LogP contribution in [-0.2, 0) is 14.3 Å². The minimum atomic E-state index is -0.610. The van der Waals surface area contributed by atoms with E-state index in [4.69, 9.17) is 38.0 Å². The molecule has 0 fully saturated rings. The molecule has 146 valence electrons. The Morgan fingerprint density at radius 3 is 2.63 bits per heavy atom. The van der Waals surface area contributed by atoms with Crippen molar-refractivity contribution in [3.63, 3.8) is 0 Å². The highest BCUT2D eigenvalue weighted by Crippen LogP contribution is 2.41. The smallest absolute Gasteiger partial charge is 0.344 e. The molecule has 27 heavy (non-hydrogen) atoms. The number of carbonyl (C=O) groups excluding carboxylic acids is 2. The van der Waals surface area contributed by atoms with Crippen molar-refractivity contribution in [2.24, 2.45) is 0 Å². The van der Waals surface area contributed by atoms with Gasteiger partial charge in [-0.3, -0.25) is 4.79 Å². The first-order valence-corrected chi connectivity index (χ1v) is 9.02. The first-order chi connectivity index (χ1) is 12.8. The lowest BCUT2D eigenvalue weighted by Crippen LogP contribution is -2.44. The first kappa shape index (κ1) is 21.0. The summed E-state index contributed by atoms with van der Waals surface area (Å²) in [7, 11) is 1.46. The topological polar surface area (TPSA) is 85.9 Å². The molecule has 1 aliphatic rings. The van der Waals surface area contributed by atoms with Crippen molar-refractivity contribution in [1.82, 2.24) is 10.6 Å². The van der Waals surface area contributed by atoms with Gasteiger partial charge in [-0.25, -0.2) is 4.79 Å². The lowest BCUT2D eigenvalue weighted by Gasteiger charge is -2.31. The van der Waals surface area contributed by atoms with Crippen molar-refractivity contribution in [2.75, 3.05) is 20.3 Å². The van der Waals surface area contributed by atoms with Crippen LogP contribution in [0.3, 0.4) is 0 Å². The van der Waals surface area contributed by atoms with E-state index in [0.717, 1.165) is 0 Å². The third-order valence-corrected chi connectivity index (χ3v) is 4.31. The van der Waals surface area contributed by atoms with E-state index in [0.29, 0.717) is 32.7 Å². The second-order valence-electron chi connectivity index (χ2n) is 5.75. The molecule has 1 aromatic carbocycles. The Labute approximate surface area is 168 Å². The second kappa shape index (κ2) is 9.05. The summed E-state index contributed by atoms with van der Waals surface area (Å²) in [6.45, 7) is 4.86. The predicted molar refractivity (Wildman–Crippen MR) is 105 cm³/mol. The van der Waals surface area contributed by atoms with E-state index in [-0.39, 0.29) is 24.7 Å². The zero-order valence-electron chi connectivity index (χ0n) is 15.5. The molecule has 1 atom stereocenters. The molecule has 1 heterocycles. The van der Waals surface area contributed by atoms with E-state index >= 15 is 0 Å². The summed E-state index contributed by atoms with van der Waals surface area (Å²) in [5, 5.41) is 6.74. The molecule has 0 amide bonds. The van der Waals surface area contributed by atoms with Crippen LogP contribution in [0.5, 0.6) is 11.5 Å². The van der Waals surface area contributed by atoms with Crippen LogP contribution in [0, 0.1) is 0 Å². The van der Waals surface area contributed by atoms with Crippen molar-refractivity contribution in [3.8, 4) is 11.5 Å². The fraction of sp³-hybridized carbons (Fsp3) is 0.389. The summed E-state index contributed by atoms with van der Waals surface area (Å²) in [5.41, 5.74) is 1.64. The summed E-state index contributed by atoms with van der Waals surface area (Å²) in [6.07, 6.45) is 0. The fourth-order valence-electron chi connectivity index (χ4n) is 2.84. The van der Waals surface area contributed by atoms with Crippen LogP contribution in [0.2, 0.25) is 5.02 Å². The molecule has 2 N–H and O–H groups in total. The van der Waals surface area contributed by atoms with Gasteiger partial charge in [-0.1, -0.05) is 11.6 Å². The number of halogens is 1. The number of nitrogens with one attached hydrogen (secondary N) is 2. The van der Waals surface area contributed by atoms with E-state index in [1.54, 1.807) is 26.0 Å². The minimum Gasteiger partial charge on any atom is -0.493 e. The van der Waals surface area contributed by atoms with Crippen LogP contribution in [0.4, 0.5) is 0 Å². The SMILES string of the molecule is CCOC(=O)COc1c(OC)cc(Cl)cc1[C@@H]1NC(=S)NC(C)=C1C(C)=O. The lowest BCUT2D eigenvalue weighted by molar-refractivity contribution is -0.145. The molecule has 0 aliphatic carbocycles. The Morgan fingerprint density at radius 1 is 1.33 bits per heavy atom. The Hall–Kier alpha value is -2.32. The van der Waals surface area contributed by atoms with Gasteiger partial charge in [-0.05, 0) is 39.1 Å². The van der Waals surface area contributed by atoms with Crippen LogP contribution in [-0.4, -0.2) is 37.2 Å². The molecule has 9 heteroatoms. The van der Waals surface area contributed by atoms with E-state index in [1.807, 2.05) is 0 Å². The number of hydrogen-bond acceptors (Lipinski definition) is 6. The van der Waals surface area contributed by atoms with Crippen molar-refractivity contribution >= 4 is 40.7 Å². The maximum Gasteiger partial charge on any atom is 0.344 e. The normalized spacial score (nSPS) is 16.3. The van der Waals surface area contributed by atoms with E-state index in [1.165, 1.54) is 14.0 Å². The quantitative estimate of drug-likeness (QED) is 0.522. The van der Waals surface area contributed by atoms with E-state index < -0.39 is 12.0 Å². The summed E-state index contributed by atoms with van der Waals surface area (Å²) in [5.74, 6) is -0.0552. The molecule has 0 bridgehead atoms. The molecule has 0 saturated heterocycles. The summed E-state index contributed by atoms with van der Waals surface area (Å²) in [6, 6.07) is 2.60. The van der Waals surface area contributed by atoms with E-state index in [9.17, 15) is 9.59 Å². The average Bonchev–Trinajstić information content (AvgIpc) is 2.58. The van der Waals surface area contributed by atoms with Crippen molar-refractivity contribution in [1.29, 1.82) is 0 Å². The molecular weight excluding hydrogens is 392 g/mol. The molecule has 1 aliphatic heterocycles. The first-order valence-electron chi connectivity index (χ1n) is 8.23. The number of ether oxygens (including phenoxy) is 3. The number of methoxy groups -OCH3 is 1. The number of rotatable bonds is 7. The van der Waals surface area contributed by atoms with Gasteiger partial charge in [0.1, 0.15) is 0 Å². The highest BCUT2D eigenvalue weighted by atomic mass is 35.5. The average molecular weight is 413 g/mol. The van der Waals surface area contributed by atoms with Crippen LogP contribution in [0.25, 0.3) is 0 Å². The number of hydrogen-bond donors (Lipinski definition) is 2. The summed E-state index contributed by atoms with van der Waals surface area (Å²) < 4.78 is 15.9. The van der Waals surface area contributed by atoms with Crippen LogP contribution in [0.1, 0.15) is 32.4 Å². The largest absolute Gasteiger partial charge is 0.493 e. The molecule has 0 saturated carbocycles. The van der Waals surface area contributed by atoms with Gasteiger partial charge in [0.2, 0.25) is 0 Å². The highest BCUT2D eigenvalue weighted by molar-refractivity contribution is 7.80. The van der Waals surface area contributed by atoms with Gasteiger partial charge in [0.25, 0.3) is 0 Å². The fourth-order valence-corrected chi connectivity index (χ4v) is 3.32. The summed E-state index contributed by atoms with van der Waals surface area (Å²) in [4.78, 5) is 24.0. The number of allylic oxidation sites excluding steroid dienone is 1. The highest BCUT2D eigenvalue weighted by Gasteiger charge is 2.31. The third-order valence-electron chi connectivity index (χ3n) is 3.87. The molecule has 0 aromatic heterocycles. The number of esters is 1. The van der Waals surface area contributed by atoms with Gasteiger partial charge < -0.3 is 24.8 Å². The number of thiocarbonyl (C=S) groups is 1. The molecule has 7 nitrogen and oxygen atoms in total. The zero-order valence-corrected chi connectivity index (χ0v) is 17.0. The van der Waals surface area contributed by atoms with E-state index in [2.05, 4.69) is 10.6 Å². The summed E-state index contributed by atoms with van der Waals surface area (Å²) >= 11 is 11.5. The van der Waals surface area contributed by atoms with Gasteiger partial charge in [0.05, 0.1) is 19.8 Å². The Morgan fingerprint density at radius 2 is 2.04 bits per heavy atom. The zero-order chi connectivity index (χ0) is 20.1. The van der Waals surface area contributed by atoms with Gasteiger partial charge in [-0.2, -0.15) is 0 Å². The monoisotopic (exact) mass is 412 g/mol. The van der Waals surface area contributed by atoms with Gasteiger partial charge in [-0.15, -0.1) is 0 Å². The van der Waals surface area contributed by atoms with Crippen LogP contribution < -0.4 is 20.1 Å². The Bertz CT molecular complexity index is 809. The maximum atomic E-state index is 12.2. The van der Waals surface area contributed by atoms with Gasteiger partial charge >= 0.3 is 5.97 Å². The molecule has 2 rings (SSSR count). The molecular formula is C18H21ClN2O5S. The number of carbonyl (C=O) groups is 2. The third kappa shape index (κ3) is 4.90. The molecule has 0 unspecified atom stereocenters. The second-order valence-corrected chi connectivity index (χ2v) is 6.59. The maximum absolute atomic E-state index is 12.2. The van der Waals surface area contributed by atoms with Gasteiger partial charge in [0, 0.05) is 27.9 Å². The van der Waals surface area contributed by atoms with Crippen LogP contribution >= 0.6 is 23.8 Å². The molecule has 0 radical (unpaired) electrons. The number of benzene rings is 1. The van der Waals surface area contributed by atoms with Gasteiger partial charge in [0.15, 0.2) is 29.0 Å². The molecule has 1 aromatic rings. The Kier molecular flexibility index (Phi) is 7.04. The molecule has 0 spiro atoms. The Balaban J connectivity index is 2.55. The van der Waals surface area contributed by atoms with Crippen molar-refractivity contribution in [2.45, 2.75) is 26.8 Å². The van der Waals surface area contributed by atoms with Crippen LogP contribution in [0.15, 0.2) is 23.4 Å². The predicted octanol–water partition coefficient (Wildman–Crippen LogP) is 2.67. The standard InChI is InChI=1S/C18H21ClN2O5S/c1-5-25-14(23)8-26-17-12(6-11(19)7-13(17)24-4)16-15(10(3)22)9(2)20-18(27)21-16/h6-7,16H,5,8H2,1-4H3,(H2,20,21,27)/t16-/m0/s1. The lowest BCUT2D eigenvalue weighted by atomic mass is 9.92. The minimum absolute atomic E-state index is 0.143. The van der Waals surface area contributed by atoms with Crippen molar-refractivity contribution in [3.05, 3.63) is 34.0 Å².